The average molecular weight is 154 g/mol. The minimum atomic E-state index is 0.696. The monoisotopic (exact) mass is 154 g/mol. The van der Waals surface area contributed by atoms with Crippen molar-refractivity contribution in [3.63, 3.8) is 0 Å². The molecule has 2 nitrogen and oxygen atoms in total. The second-order valence-corrected chi connectivity index (χ2v) is 3.35. The predicted molar refractivity (Wildman–Crippen MR) is 48.5 cm³/mol. The van der Waals surface area contributed by atoms with Crippen molar-refractivity contribution in [2.75, 3.05) is 26.2 Å². The molecule has 0 spiro atoms. The molecule has 0 aromatic carbocycles. The molecule has 0 unspecified atom stereocenters. The molecule has 0 aliphatic carbocycles. The van der Waals surface area contributed by atoms with Gasteiger partial charge in [0, 0.05) is 32.2 Å². The van der Waals surface area contributed by atoms with Gasteiger partial charge >= 0.3 is 0 Å². The molecule has 1 fully saturated rings. The number of nitrogens with zero attached hydrogens (tertiary/aromatic N) is 2. The first-order valence-corrected chi connectivity index (χ1v) is 4.34. The maximum atomic E-state index is 3.76. The van der Waals surface area contributed by atoms with Crippen LogP contribution >= 0.6 is 0 Å². The summed E-state index contributed by atoms with van der Waals surface area (Å²) >= 11 is 0. The van der Waals surface area contributed by atoms with Gasteiger partial charge in [0.1, 0.15) is 0 Å². The van der Waals surface area contributed by atoms with Gasteiger partial charge in [0.15, 0.2) is 0 Å². The zero-order chi connectivity index (χ0) is 8.27. The van der Waals surface area contributed by atoms with Crippen LogP contribution < -0.4 is 0 Å². The standard InChI is InChI=1S/C9H18N2/c1-4-10-5-7-11(8-6-10)9(2)3/h4,9H,1,5-8H2,2-3H3. The van der Waals surface area contributed by atoms with Crippen molar-refractivity contribution in [2.45, 2.75) is 19.9 Å². The Hall–Kier alpha value is -0.500. The minimum Gasteiger partial charge on any atom is -0.375 e. The van der Waals surface area contributed by atoms with Gasteiger partial charge in [-0.15, -0.1) is 0 Å². The van der Waals surface area contributed by atoms with Crippen LogP contribution in [0.1, 0.15) is 13.8 Å². The minimum absolute atomic E-state index is 0.696. The molecule has 1 aliphatic heterocycles. The van der Waals surface area contributed by atoms with Crippen LogP contribution in [0.4, 0.5) is 0 Å². The summed E-state index contributed by atoms with van der Waals surface area (Å²) in [4.78, 5) is 4.78. The fraction of sp³-hybridized carbons (Fsp3) is 0.778. The summed E-state index contributed by atoms with van der Waals surface area (Å²) < 4.78 is 0. The van der Waals surface area contributed by atoms with E-state index in [0.29, 0.717) is 6.04 Å². The Morgan fingerprint density at radius 3 is 2.09 bits per heavy atom. The second kappa shape index (κ2) is 3.77. The van der Waals surface area contributed by atoms with Gasteiger partial charge in [-0.25, -0.2) is 0 Å². The Morgan fingerprint density at radius 1 is 1.18 bits per heavy atom. The van der Waals surface area contributed by atoms with E-state index in [1.807, 2.05) is 6.20 Å². The molecule has 64 valence electrons. The molecule has 0 atom stereocenters. The smallest absolute Gasteiger partial charge is 0.0300 e. The molecule has 1 rings (SSSR count). The highest BCUT2D eigenvalue weighted by Gasteiger charge is 2.15. The largest absolute Gasteiger partial charge is 0.375 e. The van der Waals surface area contributed by atoms with Crippen molar-refractivity contribution in [3.05, 3.63) is 12.8 Å². The highest BCUT2D eigenvalue weighted by molar-refractivity contribution is 4.79. The normalized spacial score (nSPS) is 20.8. The second-order valence-electron chi connectivity index (χ2n) is 3.35. The molecule has 0 aromatic heterocycles. The molecular formula is C9H18N2. The summed E-state index contributed by atoms with van der Waals surface area (Å²) in [5.74, 6) is 0. The average Bonchev–Trinajstić information content (AvgIpc) is 2.05. The zero-order valence-electron chi connectivity index (χ0n) is 7.58. The van der Waals surface area contributed by atoms with Gasteiger partial charge in [-0.05, 0) is 20.0 Å². The first-order chi connectivity index (χ1) is 5.24. The molecule has 0 bridgehead atoms. The van der Waals surface area contributed by atoms with Crippen molar-refractivity contribution in [2.24, 2.45) is 0 Å². The van der Waals surface area contributed by atoms with Gasteiger partial charge in [0.25, 0.3) is 0 Å². The van der Waals surface area contributed by atoms with Crippen LogP contribution in [0.3, 0.4) is 0 Å². The van der Waals surface area contributed by atoms with Crippen molar-refractivity contribution < 1.29 is 0 Å². The van der Waals surface area contributed by atoms with E-state index in [9.17, 15) is 0 Å². The third-order valence-corrected chi connectivity index (χ3v) is 2.34. The molecule has 0 saturated carbocycles. The molecule has 2 heteroatoms. The van der Waals surface area contributed by atoms with Gasteiger partial charge in [0.2, 0.25) is 0 Å². The van der Waals surface area contributed by atoms with E-state index in [4.69, 9.17) is 0 Å². The summed E-state index contributed by atoms with van der Waals surface area (Å²) in [6.07, 6.45) is 1.94. The van der Waals surface area contributed by atoms with Crippen LogP contribution in [0.5, 0.6) is 0 Å². The lowest BCUT2D eigenvalue weighted by Gasteiger charge is -2.36. The van der Waals surface area contributed by atoms with E-state index in [2.05, 4.69) is 30.2 Å². The third-order valence-electron chi connectivity index (χ3n) is 2.34. The number of rotatable bonds is 2. The summed E-state index contributed by atoms with van der Waals surface area (Å²) in [6.45, 7) is 12.9. The van der Waals surface area contributed by atoms with E-state index >= 15 is 0 Å². The Kier molecular flexibility index (Phi) is 2.94. The summed E-state index contributed by atoms with van der Waals surface area (Å²) in [5, 5.41) is 0. The molecule has 1 saturated heterocycles. The van der Waals surface area contributed by atoms with Crippen LogP contribution in [0.25, 0.3) is 0 Å². The van der Waals surface area contributed by atoms with Crippen molar-refractivity contribution in [1.82, 2.24) is 9.80 Å². The maximum Gasteiger partial charge on any atom is 0.0300 e. The van der Waals surface area contributed by atoms with E-state index in [1.54, 1.807) is 0 Å². The Morgan fingerprint density at radius 2 is 1.73 bits per heavy atom. The first kappa shape index (κ1) is 8.60. The van der Waals surface area contributed by atoms with Crippen LogP contribution in [0.2, 0.25) is 0 Å². The van der Waals surface area contributed by atoms with E-state index < -0.39 is 0 Å². The summed E-state index contributed by atoms with van der Waals surface area (Å²) in [6, 6.07) is 0.696. The van der Waals surface area contributed by atoms with Crippen LogP contribution in [-0.2, 0) is 0 Å². The molecule has 0 N–H and O–H groups in total. The van der Waals surface area contributed by atoms with Gasteiger partial charge in [-0.1, -0.05) is 6.58 Å². The van der Waals surface area contributed by atoms with Crippen LogP contribution in [-0.4, -0.2) is 42.0 Å². The fourth-order valence-corrected chi connectivity index (χ4v) is 1.44. The first-order valence-electron chi connectivity index (χ1n) is 4.34. The fourth-order valence-electron chi connectivity index (χ4n) is 1.44. The van der Waals surface area contributed by atoms with Gasteiger partial charge in [0.05, 0.1) is 0 Å². The topological polar surface area (TPSA) is 6.48 Å². The maximum absolute atomic E-state index is 3.76. The molecule has 1 heterocycles. The van der Waals surface area contributed by atoms with Crippen LogP contribution in [0.15, 0.2) is 12.8 Å². The lowest BCUT2D eigenvalue weighted by atomic mass is 10.2. The quantitative estimate of drug-likeness (QED) is 0.589. The van der Waals surface area contributed by atoms with Crippen molar-refractivity contribution in [3.8, 4) is 0 Å². The highest BCUT2D eigenvalue weighted by Crippen LogP contribution is 2.04. The molecule has 1 aliphatic rings. The number of hydrogen-bond donors (Lipinski definition) is 0. The third kappa shape index (κ3) is 2.22. The van der Waals surface area contributed by atoms with Crippen molar-refractivity contribution >= 4 is 0 Å². The lowest BCUT2D eigenvalue weighted by molar-refractivity contribution is 0.138. The molecule has 0 amide bonds. The SMILES string of the molecule is C=CN1CCN(C(C)C)CC1. The molecule has 0 radical (unpaired) electrons. The summed E-state index contributed by atoms with van der Waals surface area (Å²) in [7, 11) is 0. The van der Waals surface area contributed by atoms with E-state index in [1.165, 1.54) is 13.1 Å². The van der Waals surface area contributed by atoms with Crippen molar-refractivity contribution in [1.29, 1.82) is 0 Å². The van der Waals surface area contributed by atoms with E-state index in [0.717, 1.165) is 13.1 Å². The van der Waals surface area contributed by atoms with Gasteiger partial charge in [-0.2, -0.15) is 0 Å². The van der Waals surface area contributed by atoms with E-state index in [-0.39, 0.29) is 0 Å². The van der Waals surface area contributed by atoms with Gasteiger partial charge in [-0.3, -0.25) is 4.90 Å². The highest BCUT2D eigenvalue weighted by atomic mass is 15.3. The molecule has 11 heavy (non-hydrogen) atoms. The number of hydrogen-bond acceptors (Lipinski definition) is 2. The lowest BCUT2D eigenvalue weighted by Crippen LogP contribution is -2.46. The summed E-state index contributed by atoms with van der Waals surface area (Å²) in [5.41, 5.74) is 0. The predicted octanol–water partition coefficient (Wildman–Crippen LogP) is 1.16. The Bertz CT molecular complexity index is 124. The van der Waals surface area contributed by atoms with Gasteiger partial charge < -0.3 is 4.90 Å². The molecule has 0 aromatic rings. The zero-order valence-corrected chi connectivity index (χ0v) is 7.58. The Labute approximate surface area is 69.5 Å². The molecular weight excluding hydrogens is 136 g/mol. The Balaban J connectivity index is 2.29. The number of piperazine rings is 1. The van der Waals surface area contributed by atoms with Crippen LogP contribution in [0, 0.1) is 0 Å².